The molecule has 0 aromatic heterocycles. The molecule has 4 nitrogen and oxygen atoms in total. The average Bonchev–Trinajstić information content (AvgIpc) is 2.38. The van der Waals surface area contributed by atoms with Crippen LogP contribution in [0.25, 0.3) is 0 Å². The van der Waals surface area contributed by atoms with Gasteiger partial charge in [0.05, 0.1) is 18.0 Å². The maximum Gasteiger partial charge on any atom is 0.237 e. The number of carbonyl (C=O) groups excluding carboxylic acids is 1. The molecule has 0 saturated carbocycles. The van der Waals surface area contributed by atoms with Crippen molar-refractivity contribution < 1.29 is 15.0 Å². The summed E-state index contributed by atoms with van der Waals surface area (Å²) in [6.07, 6.45) is -0.780. The molecule has 0 aliphatic carbocycles. The van der Waals surface area contributed by atoms with Gasteiger partial charge in [0, 0.05) is 15.9 Å². The zero-order chi connectivity index (χ0) is 13.5. The van der Waals surface area contributed by atoms with E-state index < -0.39 is 6.10 Å². The molecule has 0 unspecified atom stereocenters. The third kappa shape index (κ3) is 5.39. The number of rotatable bonds is 6. The number of thioether (sulfide) groups is 1. The molecule has 0 aliphatic heterocycles. The molecular weight excluding hydrogens is 318 g/mol. The second-order valence-electron chi connectivity index (χ2n) is 3.81. The minimum absolute atomic E-state index is 0.118. The lowest BCUT2D eigenvalue weighted by atomic mass is 10.3. The smallest absolute Gasteiger partial charge is 0.237 e. The summed E-state index contributed by atoms with van der Waals surface area (Å²) in [5.74, 6) is 0.221. The van der Waals surface area contributed by atoms with E-state index in [1.807, 2.05) is 24.3 Å². The van der Waals surface area contributed by atoms with Crippen molar-refractivity contribution in [1.82, 2.24) is 0 Å². The highest BCUT2D eigenvalue weighted by Gasteiger charge is 2.15. The van der Waals surface area contributed by atoms with E-state index >= 15 is 0 Å². The third-order valence-electron chi connectivity index (χ3n) is 2.23. The fourth-order valence-electron chi connectivity index (χ4n) is 1.16. The van der Waals surface area contributed by atoms with Gasteiger partial charge in [-0.2, -0.15) is 0 Å². The van der Waals surface area contributed by atoms with E-state index in [4.69, 9.17) is 5.11 Å². The molecule has 100 valence electrons. The van der Waals surface area contributed by atoms with Gasteiger partial charge in [-0.15, -0.1) is 11.8 Å². The topological polar surface area (TPSA) is 69.6 Å². The van der Waals surface area contributed by atoms with E-state index in [0.29, 0.717) is 5.75 Å². The molecule has 1 rings (SSSR count). The molecule has 1 aromatic carbocycles. The molecule has 0 fully saturated rings. The van der Waals surface area contributed by atoms with Crippen molar-refractivity contribution >= 4 is 39.3 Å². The van der Waals surface area contributed by atoms with Crippen LogP contribution in [0.2, 0.25) is 0 Å². The Labute approximate surface area is 119 Å². The molecule has 0 spiro atoms. The van der Waals surface area contributed by atoms with Crippen molar-refractivity contribution in [1.29, 1.82) is 0 Å². The molecule has 0 bridgehead atoms. The van der Waals surface area contributed by atoms with Gasteiger partial charge in [-0.3, -0.25) is 4.79 Å². The first-order chi connectivity index (χ1) is 8.52. The lowest BCUT2D eigenvalue weighted by Gasteiger charge is -2.13. The Hall–Kier alpha value is -0.560. The minimum Gasteiger partial charge on any atom is -0.394 e. The highest BCUT2D eigenvalue weighted by atomic mass is 79.9. The predicted molar refractivity (Wildman–Crippen MR) is 77.8 cm³/mol. The summed E-state index contributed by atoms with van der Waals surface area (Å²) < 4.78 is 0.953. The SMILES string of the molecule is C[C@@H](SC[C@H](O)CO)C(=O)Nc1ccc(Br)cc1. The van der Waals surface area contributed by atoms with Gasteiger partial charge in [-0.1, -0.05) is 15.9 Å². The van der Waals surface area contributed by atoms with Crippen LogP contribution in [-0.4, -0.2) is 39.8 Å². The first-order valence-corrected chi connectivity index (χ1v) is 7.34. The van der Waals surface area contributed by atoms with Gasteiger partial charge in [-0.25, -0.2) is 0 Å². The van der Waals surface area contributed by atoms with Gasteiger partial charge in [0.2, 0.25) is 5.91 Å². The number of carbonyl (C=O) groups is 1. The first kappa shape index (κ1) is 15.5. The molecule has 0 radical (unpaired) electrons. The van der Waals surface area contributed by atoms with E-state index in [1.165, 1.54) is 11.8 Å². The van der Waals surface area contributed by atoms with Gasteiger partial charge in [0.15, 0.2) is 0 Å². The quantitative estimate of drug-likeness (QED) is 0.743. The Kier molecular flexibility index (Phi) is 6.70. The molecule has 3 N–H and O–H groups in total. The maximum atomic E-state index is 11.8. The number of nitrogens with one attached hydrogen (secondary N) is 1. The van der Waals surface area contributed by atoms with Crippen LogP contribution in [0, 0.1) is 0 Å². The molecule has 0 saturated heterocycles. The largest absolute Gasteiger partial charge is 0.394 e. The van der Waals surface area contributed by atoms with Crippen molar-refractivity contribution in [3.8, 4) is 0 Å². The van der Waals surface area contributed by atoms with E-state index in [0.717, 1.165) is 10.2 Å². The lowest BCUT2D eigenvalue weighted by Crippen LogP contribution is -2.25. The van der Waals surface area contributed by atoms with E-state index in [1.54, 1.807) is 6.92 Å². The minimum atomic E-state index is -0.780. The number of benzene rings is 1. The Morgan fingerprint density at radius 2 is 2.06 bits per heavy atom. The molecule has 18 heavy (non-hydrogen) atoms. The van der Waals surface area contributed by atoms with Crippen LogP contribution in [0.15, 0.2) is 28.7 Å². The predicted octanol–water partition coefficient (Wildman–Crippen LogP) is 1.86. The Bertz CT molecular complexity index is 385. The Morgan fingerprint density at radius 1 is 1.44 bits per heavy atom. The van der Waals surface area contributed by atoms with Gasteiger partial charge < -0.3 is 15.5 Å². The van der Waals surface area contributed by atoms with Crippen LogP contribution in [0.1, 0.15) is 6.92 Å². The molecule has 0 heterocycles. The van der Waals surface area contributed by atoms with E-state index in [2.05, 4.69) is 21.2 Å². The van der Waals surface area contributed by atoms with Crippen molar-refractivity contribution in [3.63, 3.8) is 0 Å². The summed E-state index contributed by atoms with van der Waals surface area (Å²) in [5, 5.41) is 20.4. The lowest BCUT2D eigenvalue weighted by molar-refractivity contribution is -0.115. The molecule has 0 aliphatic rings. The highest BCUT2D eigenvalue weighted by Crippen LogP contribution is 2.17. The number of amides is 1. The summed E-state index contributed by atoms with van der Waals surface area (Å²) in [6, 6.07) is 7.32. The van der Waals surface area contributed by atoms with Gasteiger partial charge in [0.1, 0.15) is 0 Å². The van der Waals surface area contributed by atoms with Crippen LogP contribution in [0.3, 0.4) is 0 Å². The number of halogens is 1. The highest BCUT2D eigenvalue weighted by molar-refractivity contribution is 9.10. The molecule has 1 amide bonds. The summed E-state index contributed by atoms with van der Waals surface area (Å²) >= 11 is 4.63. The van der Waals surface area contributed by atoms with Crippen molar-refractivity contribution in [2.75, 3.05) is 17.7 Å². The number of anilines is 1. The van der Waals surface area contributed by atoms with Gasteiger partial charge in [-0.05, 0) is 31.2 Å². The normalized spacial score (nSPS) is 14.0. The zero-order valence-electron chi connectivity index (χ0n) is 9.97. The monoisotopic (exact) mass is 333 g/mol. The van der Waals surface area contributed by atoms with Crippen LogP contribution in [-0.2, 0) is 4.79 Å². The second-order valence-corrected chi connectivity index (χ2v) is 6.10. The fourth-order valence-corrected chi connectivity index (χ4v) is 2.25. The fraction of sp³-hybridized carbons (Fsp3) is 0.417. The van der Waals surface area contributed by atoms with Crippen LogP contribution in [0.4, 0.5) is 5.69 Å². The number of hydrogen-bond donors (Lipinski definition) is 3. The summed E-state index contributed by atoms with van der Waals surface area (Å²) in [5.41, 5.74) is 0.735. The number of hydrogen-bond acceptors (Lipinski definition) is 4. The third-order valence-corrected chi connectivity index (χ3v) is 4.05. The number of aliphatic hydroxyl groups excluding tert-OH is 2. The summed E-state index contributed by atoms with van der Waals surface area (Å²) in [6.45, 7) is 1.48. The zero-order valence-corrected chi connectivity index (χ0v) is 12.4. The number of aliphatic hydroxyl groups is 2. The van der Waals surface area contributed by atoms with Crippen molar-refractivity contribution in [2.45, 2.75) is 18.3 Å². The maximum absolute atomic E-state index is 11.8. The van der Waals surface area contributed by atoms with Gasteiger partial charge >= 0.3 is 0 Å². The Balaban J connectivity index is 2.42. The van der Waals surface area contributed by atoms with E-state index in [-0.39, 0.29) is 17.8 Å². The Morgan fingerprint density at radius 3 is 2.61 bits per heavy atom. The van der Waals surface area contributed by atoms with Crippen molar-refractivity contribution in [3.05, 3.63) is 28.7 Å². The van der Waals surface area contributed by atoms with Gasteiger partial charge in [0.25, 0.3) is 0 Å². The summed E-state index contributed by atoms with van der Waals surface area (Å²) in [7, 11) is 0. The van der Waals surface area contributed by atoms with E-state index in [9.17, 15) is 9.90 Å². The standard InChI is InChI=1S/C12H16BrNO3S/c1-8(18-7-11(16)6-15)12(17)14-10-4-2-9(13)3-5-10/h2-5,8,11,15-16H,6-7H2,1H3,(H,14,17)/t8-,11-/m1/s1. The molecule has 2 atom stereocenters. The molecular formula is C12H16BrNO3S. The van der Waals surface area contributed by atoms with Crippen LogP contribution in [0.5, 0.6) is 0 Å². The molecule has 6 heteroatoms. The van der Waals surface area contributed by atoms with Crippen LogP contribution >= 0.6 is 27.7 Å². The second kappa shape index (κ2) is 7.78. The summed E-state index contributed by atoms with van der Waals surface area (Å²) in [4.78, 5) is 11.8. The average molecular weight is 334 g/mol. The molecule has 1 aromatic rings. The van der Waals surface area contributed by atoms with Crippen molar-refractivity contribution in [2.24, 2.45) is 0 Å². The van der Waals surface area contributed by atoms with Crippen LogP contribution < -0.4 is 5.32 Å². The first-order valence-electron chi connectivity index (χ1n) is 5.50.